The third-order valence-electron chi connectivity index (χ3n) is 2.97. The molecule has 1 aromatic carbocycles. The summed E-state index contributed by atoms with van der Waals surface area (Å²) in [5, 5.41) is 0. The fourth-order valence-corrected chi connectivity index (χ4v) is 2.28. The van der Waals surface area contributed by atoms with Crippen molar-refractivity contribution < 1.29 is 9.53 Å². The van der Waals surface area contributed by atoms with Gasteiger partial charge in [0.05, 0.1) is 12.7 Å². The molecule has 0 aliphatic heterocycles. The van der Waals surface area contributed by atoms with Gasteiger partial charge in [-0.3, -0.25) is 4.79 Å². The number of carbonyl (C=O) groups excluding carboxylic acids is 1. The van der Waals surface area contributed by atoms with Crippen molar-refractivity contribution in [2.24, 2.45) is 0 Å². The minimum atomic E-state index is 0.171. The van der Waals surface area contributed by atoms with E-state index in [0.717, 1.165) is 17.3 Å². The second-order valence-electron chi connectivity index (χ2n) is 4.43. The van der Waals surface area contributed by atoms with Crippen molar-refractivity contribution in [3.63, 3.8) is 0 Å². The smallest absolute Gasteiger partial charge is 0.166 e. The van der Waals surface area contributed by atoms with Crippen molar-refractivity contribution in [3.8, 4) is 5.75 Å². The second-order valence-corrected chi connectivity index (χ2v) is 5.35. The first-order valence-corrected chi connectivity index (χ1v) is 7.35. The minimum absolute atomic E-state index is 0.171. The number of halogens is 1. The monoisotopic (exact) mass is 312 g/mol. The van der Waals surface area contributed by atoms with Gasteiger partial charge in [0.1, 0.15) is 5.75 Å². The van der Waals surface area contributed by atoms with E-state index in [-0.39, 0.29) is 5.78 Å². The largest absolute Gasteiger partial charge is 0.496 e. The number of hydrogen-bond donors (Lipinski definition) is 0. The van der Waals surface area contributed by atoms with Crippen LogP contribution in [-0.4, -0.2) is 12.9 Å². The molecule has 3 heteroatoms. The fourth-order valence-electron chi connectivity index (χ4n) is 1.92. The highest BCUT2D eigenvalue weighted by Gasteiger charge is 2.12. The van der Waals surface area contributed by atoms with Crippen LogP contribution in [0.2, 0.25) is 0 Å². The van der Waals surface area contributed by atoms with Crippen molar-refractivity contribution in [1.29, 1.82) is 0 Å². The van der Waals surface area contributed by atoms with E-state index in [1.54, 1.807) is 7.11 Å². The van der Waals surface area contributed by atoms with E-state index in [0.29, 0.717) is 17.7 Å². The summed E-state index contributed by atoms with van der Waals surface area (Å²) in [6.07, 6.45) is 6.42. The summed E-state index contributed by atoms with van der Waals surface area (Å²) >= 11 is 3.39. The number of Topliss-reactive ketones (excluding diaryl/α,β-unsaturated/α-hetero) is 1. The molecule has 18 heavy (non-hydrogen) atoms. The molecule has 0 amide bonds. The van der Waals surface area contributed by atoms with Gasteiger partial charge in [0, 0.05) is 10.9 Å². The third kappa shape index (κ3) is 4.81. The molecule has 1 rings (SSSR count). The molecule has 0 atom stereocenters. The van der Waals surface area contributed by atoms with Gasteiger partial charge < -0.3 is 4.74 Å². The topological polar surface area (TPSA) is 26.3 Å². The van der Waals surface area contributed by atoms with E-state index in [2.05, 4.69) is 22.9 Å². The van der Waals surface area contributed by atoms with Crippen LogP contribution < -0.4 is 4.74 Å². The maximum Gasteiger partial charge on any atom is 0.166 e. The molecule has 0 spiro atoms. The summed E-state index contributed by atoms with van der Waals surface area (Å²) in [5.41, 5.74) is 0.683. The number of rotatable bonds is 8. The van der Waals surface area contributed by atoms with Gasteiger partial charge in [-0.05, 0) is 24.6 Å². The highest BCUT2D eigenvalue weighted by molar-refractivity contribution is 9.10. The summed E-state index contributed by atoms with van der Waals surface area (Å²) in [7, 11) is 1.60. The fraction of sp³-hybridized carbons (Fsp3) is 0.533. The number of ether oxygens (including phenoxy) is 1. The van der Waals surface area contributed by atoms with Crippen LogP contribution in [-0.2, 0) is 0 Å². The molecule has 0 aliphatic rings. The molecule has 0 unspecified atom stereocenters. The van der Waals surface area contributed by atoms with Crippen LogP contribution in [0.3, 0.4) is 0 Å². The van der Waals surface area contributed by atoms with Crippen molar-refractivity contribution in [2.45, 2.75) is 45.4 Å². The molecule has 0 heterocycles. The van der Waals surface area contributed by atoms with E-state index < -0.39 is 0 Å². The molecule has 0 radical (unpaired) electrons. The van der Waals surface area contributed by atoms with Gasteiger partial charge in [-0.25, -0.2) is 0 Å². The van der Waals surface area contributed by atoms with Gasteiger partial charge >= 0.3 is 0 Å². The van der Waals surface area contributed by atoms with Crippen LogP contribution >= 0.6 is 15.9 Å². The molecule has 0 saturated carbocycles. The first-order valence-electron chi connectivity index (χ1n) is 6.55. The molecule has 1 aromatic rings. The molecule has 100 valence electrons. The normalized spacial score (nSPS) is 10.4. The lowest BCUT2D eigenvalue weighted by atomic mass is 10.0. The predicted molar refractivity (Wildman–Crippen MR) is 78.4 cm³/mol. The van der Waals surface area contributed by atoms with Crippen LogP contribution in [0.15, 0.2) is 22.7 Å². The van der Waals surface area contributed by atoms with Gasteiger partial charge in [-0.2, -0.15) is 0 Å². The van der Waals surface area contributed by atoms with Crippen molar-refractivity contribution >= 4 is 21.7 Å². The zero-order chi connectivity index (χ0) is 13.4. The summed E-state index contributed by atoms with van der Waals surface area (Å²) < 4.78 is 6.14. The maximum absolute atomic E-state index is 12.1. The number of ketones is 1. The average Bonchev–Trinajstić information content (AvgIpc) is 2.38. The Morgan fingerprint density at radius 2 is 1.94 bits per heavy atom. The first-order chi connectivity index (χ1) is 8.69. The lowest BCUT2D eigenvalue weighted by Gasteiger charge is -2.08. The quantitative estimate of drug-likeness (QED) is 0.498. The summed E-state index contributed by atoms with van der Waals surface area (Å²) in [6.45, 7) is 2.19. The van der Waals surface area contributed by atoms with Gasteiger partial charge in [0.2, 0.25) is 0 Å². The van der Waals surface area contributed by atoms with Crippen LogP contribution in [0.1, 0.15) is 55.8 Å². The number of carbonyl (C=O) groups is 1. The molecule has 0 saturated heterocycles. The maximum atomic E-state index is 12.1. The molecular formula is C15H21BrO2. The minimum Gasteiger partial charge on any atom is -0.496 e. The number of unbranched alkanes of at least 4 members (excludes halogenated alkanes) is 4. The highest BCUT2D eigenvalue weighted by Crippen LogP contribution is 2.24. The van der Waals surface area contributed by atoms with E-state index in [1.807, 2.05) is 18.2 Å². The Morgan fingerprint density at radius 1 is 1.22 bits per heavy atom. The third-order valence-corrected chi connectivity index (χ3v) is 3.46. The molecule has 0 N–H and O–H groups in total. The predicted octanol–water partition coefficient (Wildman–Crippen LogP) is 5.00. The number of benzene rings is 1. The van der Waals surface area contributed by atoms with Gasteiger partial charge in [-0.15, -0.1) is 0 Å². The summed E-state index contributed by atoms with van der Waals surface area (Å²) in [4.78, 5) is 12.1. The van der Waals surface area contributed by atoms with E-state index >= 15 is 0 Å². The molecular weight excluding hydrogens is 292 g/mol. The molecule has 0 fully saturated rings. The number of hydrogen-bond acceptors (Lipinski definition) is 2. The van der Waals surface area contributed by atoms with E-state index in [4.69, 9.17) is 4.74 Å². The highest BCUT2D eigenvalue weighted by atomic mass is 79.9. The van der Waals surface area contributed by atoms with Crippen LogP contribution in [0.4, 0.5) is 0 Å². The van der Waals surface area contributed by atoms with Crippen LogP contribution in [0.5, 0.6) is 5.75 Å². The van der Waals surface area contributed by atoms with Crippen molar-refractivity contribution in [3.05, 3.63) is 28.2 Å². The first kappa shape index (κ1) is 15.2. The summed E-state index contributed by atoms with van der Waals surface area (Å²) in [6, 6.07) is 5.55. The standard InChI is InChI=1S/C15H21BrO2/c1-3-4-5-6-7-8-14(17)13-11-12(16)9-10-15(13)18-2/h9-11H,3-8H2,1-2H3. The lowest BCUT2D eigenvalue weighted by molar-refractivity contribution is 0.0976. The van der Waals surface area contributed by atoms with Gasteiger partial charge in [0.15, 0.2) is 5.78 Å². The summed E-state index contributed by atoms with van der Waals surface area (Å²) in [5.74, 6) is 0.835. The second kappa shape index (κ2) is 8.30. The SMILES string of the molecule is CCCCCCCC(=O)c1cc(Br)ccc1OC. The van der Waals surface area contributed by atoms with E-state index in [9.17, 15) is 4.79 Å². The molecule has 0 aromatic heterocycles. The van der Waals surface area contributed by atoms with E-state index in [1.165, 1.54) is 19.3 Å². The number of methoxy groups -OCH3 is 1. The Morgan fingerprint density at radius 3 is 2.61 bits per heavy atom. The van der Waals surface area contributed by atoms with Crippen molar-refractivity contribution in [1.82, 2.24) is 0 Å². The van der Waals surface area contributed by atoms with Crippen molar-refractivity contribution in [2.75, 3.05) is 7.11 Å². The molecule has 2 nitrogen and oxygen atoms in total. The van der Waals surface area contributed by atoms with Gasteiger partial charge in [-0.1, -0.05) is 48.5 Å². The Balaban J connectivity index is 2.52. The van der Waals surface area contributed by atoms with Gasteiger partial charge in [0.25, 0.3) is 0 Å². The van der Waals surface area contributed by atoms with Crippen LogP contribution in [0.25, 0.3) is 0 Å². The van der Waals surface area contributed by atoms with Crippen LogP contribution in [0, 0.1) is 0 Å². The molecule has 0 bridgehead atoms. The Labute approximate surface area is 118 Å². The Hall–Kier alpha value is -0.830. The Bertz CT molecular complexity index is 388. The average molecular weight is 313 g/mol. The zero-order valence-electron chi connectivity index (χ0n) is 11.2. The Kier molecular flexibility index (Phi) is 7.02. The lowest BCUT2D eigenvalue weighted by Crippen LogP contribution is -2.02. The zero-order valence-corrected chi connectivity index (χ0v) is 12.8. The molecule has 0 aliphatic carbocycles.